The highest BCUT2D eigenvalue weighted by Crippen LogP contribution is 2.33. The normalized spacial score (nSPS) is 10.6. The first-order valence-corrected chi connectivity index (χ1v) is 7.66. The van der Waals surface area contributed by atoms with Crippen LogP contribution in [0.3, 0.4) is 0 Å². The molecule has 0 aliphatic carbocycles. The van der Waals surface area contributed by atoms with Crippen molar-refractivity contribution in [3.05, 3.63) is 36.4 Å². The maximum atomic E-state index is 12.5. The number of anilines is 2. The molecule has 152 valence electrons. The topological polar surface area (TPSA) is 78.1 Å². The minimum atomic E-state index is -3.08. The summed E-state index contributed by atoms with van der Waals surface area (Å²) in [5.41, 5.74) is 0.262. The molecule has 0 atom stereocenters. The Bertz CT molecular complexity index is 755. The fourth-order valence-corrected chi connectivity index (χ4v) is 2.18. The van der Waals surface area contributed by atoms with Gasteiger partial charge in [-0.2, -0.15) is 17.6 Å². The van der Waals surface area contributed by atoms with E-state index in [1.54, 1.807) is 0 Å². The van der Waals surface area contributed by atoms with Crippen LogP contribution in [0.5, 0.6) is 23.0 Å². The molecule has 7 nitrogen and oxygen atoms in total. The summed E-state index contributed by atoms with van der Waals surface area (Å²) in [6.07, 6.45) is 0. The lowest BCUT2D eigenvalue weighted by Gasteiger charge is -2.14. The Morgan fingerprint density at radius 2 is 1.14 bits per heavy atom. The lowest BCUT2D eigenvalue weighted by Crippen LogP contribution is -2.19. The molecule has 0 saturated carbocycles. The molecule has 0 heterocycles. The zero-order chi connectivity index (χ0) is 20.7. The van der Waals surface area contributed by atoms with Crippen molar-refractivity contribution in [2.75, 3.05) is 24.9 Å². The van der Waals surface area contributed by atoms with Gasteiger partial charge >= 0.3 is 19.3 Å². The van der Waals surface area contributed by atoms with Crippen molar-refractivity contribution in [3.8, 4) is 23.0 Å². The first-order valence-electron chi connectivity index (χ1n) is 7.66. The lowest BCUT2D eigenvalue weighted by molar-refractivity contribution is -0.0518. The van der Waals surface area contributed by atoms with Gasteiger partial charge in [0.25, 0.3) is 0 Å². The van der Waals surface area contributed by atoms with Gasteiger partial charge in [-0.25, -0.2) is 4.79 Å². The number of hydrogen-bond donors (Lipinski definition) is 2. The predicted octanol–water partition coefficient (Wildman–Crippen LogP) is 4.55. The van der Waals surface area contributed by atoms with Gasteiger partial charge in [0, 0.05) is 23.5 Å². The van der Waals surface area contributed by atoms with Crippen molar-refractivity contribution in [3.63, 3.8) is 0 Å². The van der Waals surface area contributed by atoms with E-state index in [9.17, 15) is 22.4 Å². The molecule has 2 amide bonds. The molecule has 28 heavy (non-hydrogen) atoms. The third kappa shape index (κ3) is 5.83. The maximum absolute atomic E-state index is 12.5. The zero-order valence-corrected chi connectivity index (χ0v) is 14.7. The molecule has 0 aliphatic heterocycles. The van der Waals surface area contributed by atoms with E-state index in [4.69, 9.17) is 9.47 Å². The van der Waals surface area contributed by atoms with Gasteiger partial charge in [0.15, 0.2) is 23.0 Å². The van der Waals surface area contributed by atoms with E-state index in [0.717, 1.165) is 12.1 Å². The van der Waals surface area contributed by atoms with Gasteiger partial charge < -0.3 is 29.6 Å². The molecule has 0 aliphatic rings. The second-order valence-corrected chi connectivity index (χ2v) is 5.07. The highest BCUT2D eigenvalue weighted by Gasteiger charge is 2.14. The van der Waals surface area contributed by atoms with Crippen LogP contribution in [-0.4, -0.2) is 33.5 Å². The molecule has 2 aromatic carbocycles. The number of carbonyl (C=O) groups excluding carboxylic acids is 1. The lowest BCUT2D eigenvalue weighted by atomic mass is 10.2. The van der Waals surface area contributed by atoms with Crippen molar-refractivity contribution >= 4 is 17.4 Å². The van der Waals surface area contributed by atoms with Gasteiger partial charge in [0.2, 0.25) is 0 Å². The van der Waals surface area contributed by atoms with Gasteiger partial charge in [-0.3, -0.25) is 0 Å². The number of rotatable bonds is 8. The van der Waals surface area contributed by atoms with Gasteiger partial charge in [0.05, 0.1) is 14.2 Å². The number of nitrogens with one attached hydrogen (secondary N) is 2. The van der Waals surface area contributed by atoms with E-state index in [-0.39, 0.29) is 34.4 Å². The number of carbonyl (C=O) groups is 1. The fourth-order valence-electron chi connectivity index (χ4n) is 2.18. The number of ether oxygens (including phenoxy) is 4. The molecule has 0 fully saturated rings. The fraction of sp³-hybridized carbons (Fsp3) is 0.235. The molecule has 2 N–H and O–H groups in total. The SMILES string of the molecule is COc1ccc(NC(=O)Nc2ccc(OC)c(OC(F)F)c2)cc1OC(F)F. The molecule has 0 saturated heterocycles. The summed E-state index contributed by atoms with van der Waals surface area (Å²) in [5, 5.41) is 4.79. The molecule has 0 unspecified atom stereocenters. The first-order chi connectivity index (χ1) is 13.3. The molecule has 0 radical (unpaired) electrons. The largest absolute Gasteiger partial charge is 0.493 e. The summed E-state index contributed by atoms with van der Waals surface area (Å²) < 4.78 is 68.3. The van der Waals surface area contributed by atoms with Crippen molar-refractivity contribution in [1.29, 1.82) is 0 Å². The van der Waals surface area contributed by atoms with Gasteiger partial charge in [0.1, 0.15) is 0 Å². The van der Waals surface area contributed by atoms with Crippen LogP contribution >= 0.6 is 0 Å². The predicted molar refractivity (Wildman–Crippen MR) is 91.9 cm³/mol. The van der Waals surface area contributed by atoms with E-state index in [0.29, 0.717) is 0 Å². The summed E-state index contributed by atoms with van der Waals surface area (Å²) in [6, 6.07) is 6.98. The number of benzene rings is 2. The molecular weight excluding hydrogens is 388 g/mol. The Balaban J connectivity index is 2.11. The zero-order valence-electron chi connectivity index (χ0n) is 14.7. The van der Waals surface area contributed by atoms with Crippen molar-refractivity contribution < 1.29 is 41.3 Å². The van der Waals surface area contributed by atoms with E-state index < -0.39 is 19.3 Å². The first kappa shape index (κ1) is 20.9. The Labute approximate surface area is 157 Å². The third-order valence-electron chi connectivity index (χ3n) is 3.28. The van der Waals surface area contributed by atoms with Crippen molar-refractivity contribution in [1.82, 2.24) is 0 Å². The van der Waals surface area contributed by atoms with E-state index in [1.165, 1.54) is 38.5 Å². The van der Waals surface area contributed by atoms with Gasteiger partial charge in [-0.05, 0) is 24.3 Å². The summed E-state index contributed by atoms with van der Waals surface area (Å²) in [7, 11) is 2.55. The minimum Gasteiger partial charge on any atom is -0.493 e. The van der Waals surface area contributed by atoms with E-state index in [1.807, 2.05) is 0 Å². The van der Waals surface area contributed by atoms with Crippen LogP contribution in [-0.2, 0) is 0 Å². The Hall–Kier alpha value is -3.37. The molecule has 0 bridgehead atoms. The Kier molecular flexibility index (Phi) is 7.13. The molecular formula is C17H16F4N2O5. The summed E-state index contributed by atoms with van der Waals surface area (Å²) >= 11 is 0. The van der Waals surface area contributed by atoms with Crippen molar-refractivity contribution in [2.45, 2.75) is 13.2 Å². The van der Waals surface area contributed by atoms with Crippen LogP contribution in [0.25, 0.3) is 0 Å². The maximum Gasteiger partial charge on any atom is 0.387 e. The number of methoxy groups -OCH3 is 2. The highest BCUT2D eigenvalue weighted by molar-refractivity contribution is 6.00. The molecule has 11 heteroatoms. The van der Waals surface area contributed by atoms with E-state index in [2.05, 4.69) is 20.1 Å². The summed E-state index contributed by atoms with van der Waals surface area (Å²) in [6.45, 7) is -6.16. The van der Waals surface area contributed by atoms with Crippen LogP contribution in [0.4, 0.5) is 33.7 Å². The number of halogens is 4. The van der Waals surface area contributed by atoms with Crippen LogP contribution in [0.2, 0.25) is 0 Å². The molecule has 0 aromatic heterocycles. The highest BCUT2D eigenvalue weighted by atomic mass is 19.3. The van der Waals surface area contributed by atoms with Crippen LogP contribution < -0.4 is 29.6 Å². The van der Waals surface area contributed by atoms with Gasteiger partial charge in [-0.1, -0.05) is 0 Å². The Morgan fingerprint density at radius 3 is 1.46 bits per heavy atom. The average molecular weight is 404 g/mol. The third-order valence-corrected chi connectivity index (χ3v) is 3.28. The second-order valence-electron chi connectivity index (χ2n) is 5.07. The van der Waals surface area contributed by atoms with Crippen molar-refractivity contribution in [2.24, 2.45) is 0 Å². The van der Waals surface area contributed by atoms with Gasteiger partial charge in [-0.15, -0.1) is 0 Å². The summed E-state index contributed by atoms with van der Waals surface area (Å²) in [5.74, 6) is -0.440. The number of urea groups is 1. The second kappa shape index (κ2) is 9.53. The standard InChI is InChI=1S/C17H16F4N2O5/c1-25-11-5-3-9(7-13(11)27-15(18)19)22-17(24)23-10-4-6-12(26-2)14(8-10)28-16(20)21/h3-8,15-16H,1-2H3,(H2,22,23,24). The number of alkyl halides is 4. The van der Waals surface area contributed by atoms with E-state index >= 15 is 0 Å². The molecule has 2 aromatic rings. The van der Waals surface area contributed by atoms with Crippen LogP contribution in [0.1, 0.15) is 0 Å². The molecule has 0 spiro atoms. The van der Waals surface area contributed by atoms with Crippen LogP contribution in [0, 0.1) is 0 Å². The number of amides is 2. The minimum absolute atomic E-state index is 0.0511. The molecule has 2 rings (SSSR count). The summed E-state index contributed by atoms with van der Waals surface area (Å²) in [4.78, 5) is 12.1. The van der Waals surface area contributed by atoms with Crippen LogP contribution in [0.15, 0.2) is 36.4 Å². The Morgan fingerprint density at radius 1 is 0.750 bits per heavy atom. The smallest absolute Gasteiger partial charge is 0.387 e. The average Bonchev–Trinajstić information content (AvgIpc) is 2.61. The quantitative estimate of drug-likeness (QED) is 0.631. The number of hydrogen-bond acceptors (Lipinski definition) is 5. The monoisotopic (exact) mass is 404 g/mol.